The summed E-state index contributed by atoms with van der Waals surface area (Å²) in [5, 5.41) is 8.19. The molecule has 7 nitrogen and oxygen atoms in total. The van der Waals surface area contributed by atoms with Gasteiger partial charge in [-0.15, -0.1) is 5.10 Å². The molecule has 4 rings (SSSR count). The molecular formula is C20H19N5O2. The van der Waals surface area contributed by atoms with E-state index < -0.39 is 0 Å². The highest BCUT2D eigenvalue weighted by molar-refractivity contribution is 5.97. The molecule has 0 N–H and O–H groups in total. The van der Waals surface area contributed by atoms with Gasteiger partial charge in [-0.2, -0.15) is 5.10 Å². The van der Waals surface area contributed by atoms with Crippen LogP contribution in [0.3, 0.4) is 0 Å². The van der Waals surface area contributed by atoms with Crippen molar-refractivity contribution in [1.29, 1.82) is 0 Å². The molecule has 2 heterocycles. The molecule has 1 fully saturated rings. The zero-order valence-electron chi connectivity index (χ0n) is 14.9. The second-order valence-electron chi connectivity index (χ2n) is 6.18. The lowest BCUT2D eigenvalue weighted by Crippen LogP contribution is -2.51. The molecule has 0 bridgehead atoms. The number of amides is 1. The number of anilines is 2. The van der Waals surface area contributed by atoms with Gasteiger partial charge in [-0.3, -0.25) is 4.79 Å². The summed E-state index contributed by atoms with van der Waals surface area (Å²) < 4.78 is 5.25. The van der Waals surface area contributed by atoms with Crippen molar-refractivity contribution in [2.45, 2.75) is 0 Å². The van der Waals surface area contributed by atoms with Crippen molar-refractivity contribution in [3.8, 4) is 17.0 Å². The lowest BCUT2D eigenvalue weighted by Gasteiger charge is -2.34. The van der Waals surface area contributed by atoms with Crippen LogP contribution in [0.4, 0.5) is 11.6 Å². The number of benzene rings is 2. The highest BCUT2D eigenvalue weighted by Crippen LogP contribution is 2.24. The highest BCUT2D eigenvalue weighted by atomic mass is 16.5. The molecule has 3 aromatic rings. The molecule has 1 saturated heterocycles. The summed E-state index contributed by atoms with van der Waals surface area (Å²) in [4.78, 5) is 20.9. The number of piperazine rings is 1. The minimum atomic E-state index is -0.0109. The van der Waals surface area contributed by atoms with Crippen LogP contribution in [-0.2, 0) is 4.79 Å². The molecule has 136 valence electrons. The third-order valence-electron chi connectivity index (χ3n) is 4.49. The molecule has 7 heteroatoms. The molecule has 27 heavy (non-hydrogen) atoms. The second-order valence-corrected chi connectivity index (χ2v) is 6.18. The van der Waals surface area contributed by atoms with Crippen LogP contribution in [0, 0.1) is 0 Å². The van der Waals surface area contributed by atoms with Crippen molar-refractivity contribution >= 4 is 17.5 Å². The topological polar surface area (TPSA) is 71.5 Å². The van der Waals surface area contributed by atoms with Gasteiger partial charge in [-0.25, -0.2) is 4.98 Å². The van der Waals surface area contributed by atoms with E-state index in [0.29, 0.717) is 19.0 Å². The molecule has 0 radical (unpaired) electrons. The van der Waals surface area contributed by atoms with Gasteiger partial charge in [0.1, 0.15) is 12.3 Å². The Morgan fingerprint density at radius 1 is 1.04 bits per heavy atom. The maximum absolute atomic E-state index is 12.7. The number of ether oxygens (including phenoxy) is 1. The van der Waals surface area contributed by atoms with E-state index in [0.717, 1.165) is 22.7 Å². The van der Waals surface area contributed by atoms with Crippen LogP contribution in [0.1, 0.15) is 0 Å². The van der Waals surface area contributed by atoms with Gasteiger partial charge >= 0.3 is 0 Å². The SMILES string of the molecule is COc1cccc(N2CCN(c3nncc(-c4ccccc4)n3)CC2=O)c1. The van der Waals surface area contributed by atoms with E-state index in [-0.39, 0.29) is 12.5 Å². The number of carbonyl (C=O) groups is 1. The molecule has 1 aromatic heterocycles. The fraction of sp³-hybridized carbons (Fsp3) is 0.200. The highest BCUT2D eigenvalue weighted by Gasteiger charge is 2.27. The van der Waals surface area contributed by atoms with Crippen LogP contribution in [0.25, 0.3) is 11.3 Å². The molecule has 1 amide bonds. The summed E-state index contributed by atoms with van der Waals surface area (Å²) in [6.45, 7) is 1.38. The summed E-state index contributed by atoms with van der Waals surface area (Å²) >= 11 is 0. The van der Waals surface area contributed by atoms with E-state index in [9.17, 15) is 4.79 Å². The zero-order chi connectivity index (χ0) is 18.6. The fourth-order valence-electron chi connectivity index (χ4n) is 3.07. The van der Waals surface area contributed by atoms with Crippen molar-refractivity contribution in [3.05, 3.63) is 60.8 Å². The van der Waals surface area contributed by atoms with Crippen LogP contribution < -0.4 is 14.5 Å². The Kier molecular flexibility index (Phi) is 4.65. The van der Waals surface area contributed by atoms with E-state index in [4.69, 9.17) is 4.74 Å². The Morgan fingerprint density at radius 3 is 2.67 bits per heavy atom. The van der Waals surface area contributed by atoms with Gasteiger partial charge in [-0.05, 0) is 12.1 Å². The van der Waals surface area contributed by atoms with Gasteiger partial charge in [-0.1, -0.05) is 36.4 Å². The van der Waals surface area contributed by atoms with Gasteiger partial charge in [0.25, 0.3) is 0 Å². The molecule has 0 unspecified atom stereocenters. The third-order valence-corrected chi connectivity index (χ3v) is 4.49. The Hall–Kier alpha value is -3.48. The molecular weight excluding hydrogens is 342 g/mol. The number of nitrogens with zero attached hydrogens (tertiary/aromatic N) is 5. The van der Waals surface area contributed by atoms with Crippen molar-refractivity contribution in [1.82, 2.24) is 15.2 Å². The number of methoxy groups -OCH3 is 1. The van der Waals surface area contributed by atoms with E-state index >= 15 is 0 Å². The predicted octanol–water partition coefficient (Wildman–Crippen LogP) is 2.40. The summed E-state index contributed by atoms with van der Waals surface area (Å²) in [5.41, 5.74) is 2.54. The first-order chi connectivity index (χ1) is 13.2. The second kappa shape index (κ2) is 7.41. The van der Waals surface area contributed by atoms with Crippen LogP contribution in [0.2, 0.25) is 0 Å². The Balaban J connectivity index is 1.52. The zero-order valence-corrected chi connectivity index (χ0v) is 14.9. The first kappa shape index (κ1) is 17.0. The third kappa shape index (κ3) is 3.57. The summed E-state index contributed by atoms with van der Waals surface area (Å²) in [7, 11) is 1.61. The van der Waals surface area contributed by atoms with E-state index in [1.807, 2.05) is 59.5 Å². The number of carbonyl (C=O) groups excluding carboxylic acids is 1. The van der Waals surface area contributed by atoms with Gasteiger partial charge in [0, 0.05) is 30.4 Å². The van der Waals surface area contributed by atoms with Crippen LogP contribution in [0.5, 0.6) is 5.75 Å². The van der Waals surface area contributed by atoms with Crippen molar-refractivity contribution in [3.63, 3.8) is 0 Å². The number of hydrogen-bond acceptors (Lipinski definition) is 6. The normalized spacial score (nSPS) is 14.3. The van der Waals surface area contributed by atoms with Gasteiger partial charge in [0.2, 0.25) is 11.9 Å². The van der Waals surface area contributed by atoms with Gasteiger partial charge < -0.3 is 14.5 Å². The number of rotatable bonds is 4. The molecule has 0 spiro atoms. The lowest BCUT2D eigenvalue weighted by atomic mass is 10.2. The summed E-state index contributed by atoms with van der Waals surface area (Å²) in [6.07, 6.45) is 1.63. The monoisotopic (exact) mass is 361 g/mol. The first-order valence-corrected chi connectivity index (χ1v) is 8.69. The summed E-state index contributed by atoms with van der Waals surface area (Å²) in [6, 6.07) is 17.3. The van der Waals surface area contributed by atoms with Gasteiger partial charge in [0.15, 0.2) is 0 Å². The smallest absolute Gasteiger partial charge is 0.246 e. The van der Waals surface area contributed by atoms with Crippen LogP contribution in [0.15, 0.2) is 60.8 Å². The first-order valence-electron chi connectivity index (χ1n) is 8.69. The number of hydrogen-bond donors (Lipinski definition) is 0. The van der Waals surface area contributed by atoms with Crippen molar-refractivity contribution in [2.24, 2.45) is 0 Å². The van der Waals surface area contributed by atoms with E-state index in [2.05, 4.69) is 15.2 Å². The average molecular weight is 361 g/mol. The Bertz CT molecular complexity index is 948. The minimum absolute atomic E-state index is 0.0109. The number of aromatic nitrogens is 3. The average Bonchev–Trinajstić information content (AvgIpc) is 2.74. The molecule has 1 aliphatic rings. The van der Waals surface area contributed by atoms with E-state index in [1.165, 1.54) is 0 Å². The van der Waals surface area contributed by atoms with Crippen LogP contribution >= 0.6 is 0 Å². The molecule has 0 atom stereocenters. The quantitative estimate of drug-likeness (QED) is 0.711. The Morgan fingerprint density at radius 2 is 1.89 bits per heavy atom. The molecule has 0 aliphatic carbocycles. The molecule has 1 aliphatic heterocycles. The molecule has 0 saturated carbocycles. The predicted molar refractivity (Wildman–Crippen MR) is 103 cm³/mol. The molecule has 2 aromatic carbocycles. The lowest BCUT2D eigenvalue weighted by molar-refractivity contribution is -0.117. The maximum atomic E-state index is 12.7. The summed E-state index contributed by atoms with van der Waals surface area (Å²) in [5.74, 6) is 1.18. The standard InChI is InChI=1S/C20H19N5O2/c1-27-17-9-5-8-16(12-17)25-11-10-24(14-19(25)26)20-22-18(13-21-23-20)15-6-3-2-4-7-15/h2-9,12-13H,10-11,14H2,1H3. The Labute approximate surface area is 157 Å². The largest absolute Gasteiger partial charge is 0.497 e. The minimum Gasteiger partial charge on any atom is -0.497 e. The van der Waals surface area contributed by atoms with Crippen molar-refractivity contribution in [2.75, 3.05) is 36.5 Å². The van der Waals surface area contributed by atoms with E-state index in [1.54, 1.807) is 18.2 Å². The van der Waals surface area contributed by atoms with Crippen LogP contribution in [-0.4, -0.2) is 47.8 Å². The fourth-order valence-corrected chi connectivity index (χ4v) is 3.07. The van der Waals surface area contributed by atoms with Crippen molar-refractivity contribution < 1.29 is 9.53 Å². The van der Waals surface area contributed by atoms with Gasteiger partial charge in [0.05, 0.1) is 19.0 Å². The maximum Gasteiger partial charge on any atom is 0.246 e.